The maximum Gasteiger partial charge on any atom is 0.265 e. The summed E-state index contributed by atoms with van der Waals surface area (Å²) in [5.41, 5.74) is 0.370. The minimum Gasteiger partial charge on any atom is -0.490 e. The molecule has 0 saturated carbocycles. The fourth-order valence-electron chi connectivity index (χ4n) is 2.24. The van der Waals surface area contributed by atoms with Crippen LogP contribution in [0.2, 0.25) is 5.02 Å². The van der Waals surface area contributed by atoms with Crippen LogP contribution < -0.4 is 14.2 Å². The number of halogens is 1. The van der Waals surface area contributed by atoms with Gasteiger partial charge in [0.2, 0.25) is 5.88 Å². The summed E-state index contributed by atoms with van der Waals surface area (Å²) in [6.45, 7) is 6.78. The highest BCUT2D eigenvalue weighted by Gasteiger charge is 2.26. The molecule has 0 amide bonds. The SMILES string of the molecule is CC(C)(C)c1cc(NS(=O)(=O)c2cc3c(cc2Cl)OCCCO3)on1. The lowest BCUT2D eigenvalue weighted by molar-refractivity contribution is 0.297. The first-order valence-electron chi connectivity index (χ1n) is 7.76. The minimum atomic E-state index is -3.97. The zero-order valence-corrected chi connectivity index (χ0v) is 15.7. The molecule has 0 unspecified atom stereocenters. The highest BCUT2D eigenvalue weighted by atomic mass is 35.5. The van der Waals surface area contributed by atoms with Gasteiger partial charge < -0.3 is 14.0 Å². The summed E-state index contributed by atoms with van der Waals surface area (Å²) in [6, 6.07) is 4.35. The van der Waals surface area contributed by atoms with E-state index in [4.69, 9.17) is 25.6 Å². The molecule has 3 rings (SSSR count). The molecule has 2 heterocycles. The summed E-state index contributed by atoms with van der Waals surface area (Å²) in [6.07, 6.45) is 0.709. The van der Waals surface area contributed by atoms with Crippen molar-refractivity contribution in [3.63, 3.8) is 0 Å². The van der Waals surface area contributed by atoms with E-state index in [0.717, 1.165) is 0 Å². The third-order valence-electron chi connectivity index (χ3n) is 3.61. The molecular formula is C16H19ClN2O5S. The Morgan fingerprint density at radius 1 is 1.12 bits per heavy atom. The van der Waals surface area contributed by atoms with Crippen molar-refractivity contribution >= 4 is 27.5 Å². The Hall–Kier alpha value is -1.93. The van der Waals surface area contributed by atoms with E-state index in [-0.39, 0.29) is 21.2 Å². The first kappa shape index (κ1) is 17.9. The Kier molecular flexibility index (Phi) is 4.59. The predicted molar refractivity (Wildman–Crippen MR) is 93.1 cm³/mol. The first-order chi connectivity index (χ1) is 11.7. The monoisotopic (exact) mass is 386 g/mol. The number of anilines is 1. The molecule has 0 aliphatic carbocycles. The number of nitrogens with zero attached hydrogens (tertiary/aromatic N) is 1. The van der Waals surface area contributed by atoms with Crippen LogP contribution >= 0.6 is 11.6 Å². The predicted octanol–water partition coefficient (Wildman–Crippen LogP) is 3.59. The van der Waals surface area contributed by atoms with Crippen LogP contribution in [0, 0.1) is 0 Å². The fraction of sp³-hybridized carbons (Fsp3) is 0.438. The smallest absolute Gasteiger partial charge is 0.265 e. The molecule has 0 atom stereocenters. The maximum atomic E-state index is 12.7. The maximum absolute atomic E-state index is 12.7. The topological polar surface area (TPSA) is 90.7 Å². The number of hydrogen-bond donors (Lipinski definition) is 1. The average molecular weight is 387 g/mol. The van der Waals surface area contributed by atoms with E-state index in [9.17, 15) is 8.42 Å². The second-order valence-electron chi connectivity index (χ2n) is 6.71. The molecule has 7 nitrogen and oxygen atoms in total. The molecule has 1 aliphatic rings. The van der Waals surface area contributed by atoms with Gasteiger partial charge in [-0.15, -0.1) is 0 Å². The van der Waals surface area contributed by atoms with Crippen molar-refractivity contribution < 1.29 is 22.4 Å². The number of hydrogen-bond acceptors (Lipinski definition) is 6. The minimum absolute atomic E-state index is 0.0214. The Balaban J connectivity index is 1.92. The van der Waals surface area contributed by atoms with Gasteiger partial charge in [0.25, 0.3) is 10.0 Å². The van der Waals surface area contributed by atoms with Crippen LogP contribution in [0.5, 0.6) is 11.5 Å². The van der Waals surface area contributed by atoms with Crippen molar-refractivity contribution in [2.24, 2.45) is 0 Å². The molecule has 2 aromatic rings. The Labute approximate surface area is 151 Å². The second-order valence-corrected chi connectivity index (χ2v) is 8.77. The third-order valence-corrected chi connectivity index (χ3v) is 5.42. The number of aromatic nitrogens is 1. The lowest BCUT2D eigenvalue weighted by Gasteiger charge is -2.13. The molecule has 0 saturated heterocycles. The number of sulfonamides is 1. The van der Waals surface area contributed by atoms with E-state index < -0.39 is 10.0 Å². The van der Waals surface area contributed by atoms with Gasteiger partial charge in [-0.2, -0.15) is 0 Å². The van der Waals surface area contributed by atoms with E-state index in [2.05, 4.69) is 9.88 Å². The highest BCUT2D eigenvalue weighted by molar-refractivity contribution is 7.92. The summed E-state index contributed by atoms with van der Waals surface area (Å²) in [5, 5.41) is 3.93. The molecule has 1 aliphatic heterocycles. The Bertz CT molecular complexity index is 886. The zero-order chi connectivity index (χ0) is 18.2. The van der Waals surface area contributed by atoms with Gasteiger partial charge in [0, 0.05) is 30.0 Å². The summed E-state index contributed by atoms with van der Waals surface area (Å²) >= 11 is 6.14. The van der Waals surface area contributed by atoms with Gasteiger partial charge in [0.05, 0.1) is 23.9 Å². The average Bonchev–Trinajstić information content (AvgIpc) is 2.84. The zero-order valence-electron chi connectivity index (χ0n) is 14.1. The fourth-order valence-corrected chi connectivity index (χ4v) is 3.74. The van der Waals surface area contributed by atoms with Crippen LogP contribution in [0.15, 0.2) is 27.6 Å². The molecular weight excluding hydrogens is 368 g/mol. The quantitative estimate of drug-likeness (QED) is 0.866. The van der Waals surface area contributed by atoms with E-state index >= 15 is 0 Å². The van der Waals surface area contributed by atoms with Crippen molar-refractivity contribution in [3.8, 4) is 11.5 Å². The highest BCUT2D eigenvalue weighted by Crippen LogP contribution is 2.37. The van der Waals surface area contributed by atoms with E-state index in [1.165, 1.54) is 12.1 Å². The van der Waals surface area contributed by atoms with Crippen LogP contribution in [0.3, 0.4) is 0 Å². The van der Waals surface area contributed by atoms with Gasteiger partial charge in [0.15, 0.2) is 11.5 Å². The van der Waals surface area contributed by atoms with Crippen LogP contribution in [0.1, 0.15) is 32.9 Å². The second kappa shape index (κ2) is 6.42. The van der Waals surface area contributed by atoms with Crippen LogP contribution in [-0.4, -0.2) is 26.8 Å². The van der Waals surface area contributed by atoms with Crippen molar-refractivity contribution in [1.82, 2.24) is 5.16 Å². The Morgan fingerprint density at radius 2 is 1.76 bits per heavy atom. The number of ether oxygens (including phenoxy) is 2. The van der Waals surface area contributed by atoms with E-state index in [1.807, 2.05) is 20.8 Å². The van der Waals surface area contributed by atoms with Crippen LogP contribution in [-0.2, 0) is 15.4 Å². The van der Waals surface area contributed by atoms with Crippen LogP contribution in [0.25, 0.3) is 0 Å². The molecule has 25 heavy (non-hydrogen) atoms. The van der Waals surface area contributed by atoms with Crippen LogP contribution in [0.4, 0.5) is 5.88 Å². The van der Waals surface area contributed by atoms with Crippen molar-refractivity contribution in [2.75, 3.05) is 17.9 Å². The van der Waals surface area contributed by atoms with E-state index in [1.54, 1.807) is 6.07 Å². The van der Waals surface area contributed by atoms with Gasteiger partial charge in [-0.1, -0.05) is 37.5 Å². The molecule has 9 heteroatoms. The van der Waals surface area contributed by atoms with Gasteiger partial charge in [-0.05, 0) is 0 Å². The lowest BCUT2D eigenvalue weighted by atomic mass is 9.92. The van der Waals surface area contributed by atoms with E-state index in [0.29, 0.717) is 36.8 Å². The lowest BCUT2D eigenvalue weighted by Crippen LogP contribution is -2.14. The Morgan fingerprint density at radius 3 is 2.36 bits per heavy atom. The molecule has 0 bridgehead atoms. The normalized spacial score (nSPS) is 14.9. The molecule has 136 valence electrons. The van der Waals surface area contributed by atoms with Gasteiger partial charge in [0.1, 0.15) is 4.90 Å². The number of benzene rings is 1. The number of rotatable bonds is 3. The molecule has 1 aromatic heterocycles. The molecule has 0 fully saturated rings. The third kappa shape index (κ3) is 3.85. The van der Waals surface area contributed by atoms with Crippen molar-refractivity contribution in [2.45, 2.75) is 37.5 Å². The van der Waals surface area contributed by atoms with Crippen molar-refractivity contribution in [3.05, 3.63) is 28.9 Å². The molecule has 1 N–H and O–H groups in total. The first-order valence-corrected chi connectivity index (χ1v) is 9.62. The summed E-state index contributed by atoms with van der Waals surface area (Å²) in [5.74, 6) is 0.791. The number of fused-ring (bicyclic) bond motifs is 1. The summed E-state index contributed by atoms with van der Waals surface area (Å²) in [4.78, 5) is -0.118. The van der Waals surface area contributed by atoms with Gasteiger partial charge in [-0.3, -0.25) is 0 Å². The standard InChI is InChI=1S/C16H19ClN2O5S/c1-16(2,3)14-9-15(24-18-14)19-25(20,21)13-8-12-11(7-10(13)17)22-5-4-6-23-12/h7-9,19H,4-6H2,1-3H3. The number of nitrogens with one attached hydrogen (secondary N) is 1. The largest absolute Gasteiger partial charge is 0.490 e. The summed E-state index contributed by atoms with van der Waals surface area (Å²) < 4.78 is 43.8. The van der Waals surface area contributed by atoms with Crippen molar-refractivity contribution in [1.29, 1.82) is 0 Å². The molecule has 0 radical (unpaired) electrons. The molecule has 1 aromatic carbocycles. The van der Waals surface area contributed by atoms with Gasteiger partial charge >= 0.3 is 0 Å². The molecule has 0 spiro atoms. The van der Waals surface area contributed by atoms with Gasteiger partial charge in [-0.25, -0.2) is 13.1 Å². The summed E-state index contributed by atoms with van der Waals surface area (Å²) in [7, 11) is -3.97.